The summed E-state index contributed by atoms with van der Waals surface area (Å²) < 4.78 is 0. The average Bonchev–Trinajstić information content (AvgIpc) is 2.84. The van der Waals surface area contributed by atoms with Crippen molar-refractivity contribution < 1.29 is 4.84 Å². The van der Waals surface area contributed by atoms with Gasteiger partial charge in [-0.05, 0) is 6.92 Å². The predicted molar refractivity (Wildman–Crippen MR) is 72.5 cm³/mol. The normalized spacial score (nSPS) is 17.1. The molecule has 0 N–H and O–H groups in total. The van der Waals surface area contributed by atoms with Crippen LogP contribution in [0.4, 0.5) is 0 Å². The molecule has 0 atom stereocenters. The molecule has 90 valence electrons. The number of hydrogen-bond donors (Lipinski definition) is 0. The maximum absolute atomic E-state index is 5.81. The molecule has 0 fully saturated rings. The van der Waals surface area contributed by atoms with Gasteiger partial charge < -0.3 is 4.84 Å². The topological polar surface area (TPSA) is 21.6 Å². The van der Waals surface area contributed by atoms with E-state index in [-0.39, 0.29) is 0 Å². The zero-order valence-electron chi connectivity index (χ0n) is 10.3. The Morgan fingerprint density at radius 2 is 1.39 bits per heavy atom. The second-order valence-corrected chi connectivity index (χ2v) is 4.65. The molecule has 0 amide bonds. The van der Waals surface area contributed by atoms with E-state index in [1.54, 1.807) is 0 Å². The van der Waals surface area contributed by atoms with Crippen LogP contribution in [0.3, 0.4) is 0 Å². The van der Waals surface area contributed by atoms with E-state index in [1.807, 2.05) is 43.3 Å². The van der Waals surface area contributed by atoms with Crippen LogP contribution in [0.2, 0.25) is 0 Å². The van der Waals surface area contributed by atoms with Gasteiger partial charge in [0.2, 0.25) is 0 Å². The maximum atomic E-state index is 5.81. The number of benzene rings is 2. The third kappa shape index (κ3) is 1.70. The summed E-state index contributed by atoms with van der Waals surface area (Å²) >= 11 is 0. The molecule has 1 heterocycles. The molecule has 1 aliphatic heterocycles. The Morgan fingerprint density at radius 1 is 0.889 bits per heavy atom. The summed E-state index contributed by atoms with van der Waals surface area (Å²) in [5.41, 5.74) is 2.88. The van der Waals surface area contributed by atoms with E-state index in [2.05, 4.69) is 29.4 Å². The molecule has 0 bridgehead atoms. The number of rotatable bonds is 2. The van der Waals surface area contributed by atoms with E-state index in [0.717, 1.165) is 23.3 Å². The standard InChI is InChI=1S/C16H15NO/c1-13-12-16(18-17-13,14-8-4-2-5-9-14)15-10-6-3-7-11-15/h2-11H,12H2,1H3. The third-order valence-electron chi connectivity index (χ3n) is 3.34. The lowest BCUT2D eigenvalue weighted by atomic mass is 9.83. The van der Waals surface area contributed by atoms with Crippen molar-refractivity contribution in [2.45, 2.75) is 18.9 Å². The van der Waals surface area contributed by atoms with Gasteiger partial charge >= 0.3 is 0 Å². The summed E-state index contributed by atoms with van der Waals surface area (Å²) in [5.74, 6) is 0. The minimum absolute atomic E-state index is 0.452. The molecule has 0 saturated carbocycles. The van der Waals surface area contributed by atoms with Gasteiger partial charge in [-0.25, -0.2) is 0 Å². The first kappa shape index (κ1) is 11.0. The lowest BCUT2D eigenvalue weighted by Crippen LogP contribution is -2.27. The van der Waals surface area contributed by atoms with Gasteiger partial charge in [-0.1, -0.05) is 65.8 Å². The summed E-state index contributed by atoms with van der Waals surface area (Å²) in [7, 11) is 0. The molecule has 18 heavy (non-hydrogen) atoms. The van der Waals surface area contributed by atoms with Gasteiger partial charge in [-0.2, -0.15) is 0 Å². The van der Waals surface area contributed by atoms with Gasteiger partial charge in [-0.3, -0.25) is 0 Å². The summed E-state index contributed by atoms with van der Waals surface area (Å²) in [5, 5.41) is 4.16. The number of hydrogen-bond acceptors (Lipinski definition) is 2. The van der Waals surface area contributed by atoms with Crippen molar-refractivity contribution in [1.82, 2.24) is 0 Å². The van der Waals surface area contributed by atoms with Crippen molar-refractivity contribution in [3.63, 3.8) is 0 Å². The van der Waals surface area contributed by atoms with Crippen molar-refractivity contribution in [2.75, 3.05) is 0 Å². The predicted octanol–water partition coefficient (Wildman–Crippen LogP) is 3.73. The smallest absolute Gasteiger partial charge is 0.193 e. The zero-order valence-corrected chi connectivity index (χ0v) is 10.3. The van der Waals surface area contributed by atoms with Gasteiger partial charge in [0.25, 0.3) is 0 Å². The summed E-state index contributed by atoms with van der Waals surface area (Å²) in [6.45, 7) is 2.01. The average molecular weight is 237 g/mol. The second-order valence-electron chi connectivity index (χ2n) is 4.65. The van der Waals surface area contributed by atoms with Crippen LogP contribution in [-0.2, 0) is 10.4 Å². The maximum Gasteiger partial charge on any atom is 0.193 e. The lowest BCUT2D eigenvalue weighted by molar-refractivity contribution is 0.0112. The molecule has 0 spiro atoms. The molecule has 2 nitrogen and oxygen atoms in total. The molecule has 0 aromatic heterocycles. The molecule has 0 saturated heterocycles. The molecular weight excluding hydrogens is 222 g/mol. The van der Waals surface area contributed by atoms with Crippen molar-refractivity contribution >= 4 is 5.71 Å². The molecule has 3 rings (SSSR count). The highest BCUT2D eigenvalue weighted by atomic mass is 16.7. The van der Waals surface area contributed by atoms with Crippen LogP contribution >= 0.6 is 0 Å². The van der Waals surface area contributed by atoms with Crippen LogP contribution in [0.1, 0.15) is 24.5 Å². The Balaban J connectivity index is 2.12. The Bertz CT molecular complexity index is 521. The summed E-state index contributed by atoms with van der Waals surface area (Å²) in [6.07, 6.45) is 0.807. The summed E-state index contributed by atoms with van der Waals surface area (Å²) in [6, 6.07) is 20.6. The fraction of sp³-hybridized carbons (Fsp3) is 0.188. The van der Waals surface area contributed by atoms with Gasteiger partial charge in [0.05, 0.1) is 5.71 Å². The molecule has 2 aromatic rings. The van der Waals surface area contributed by atoms with E-state index in [9.17, 15) is 0 Å². The lowest BCUT2D eigenvalue weighted by Gasteiger charge is -2.27. The largest absolute Gasteiger partial charge is 0.379 e. The van der Waals surface area contributed by atoms with Gasteiger partial charge in [0.15, 0.2) is 5.60 Å². The number of nitrogens with zero attached hydrogens (tertiary/aromatic N) is 1. The first-order valence-corrected chi connectivity index (χ1v) is 6.14. The zero-order chi connectivity index (χ0) is 12.4. The minimum Gasteiger partial charge on any atom is -0.379 e. The van der Waals surface area contributed by atoms with Crippen LogP contribution in [0.5, 0.6) is 0 Å². The molecule has 1 aliphatic rings. The molecule has 0 unspecified atom stereocenters. The Hall–Kier alpha value is -2.09. The highest BCUT2D eigenvalue weighted by molar-refractivity contribution is 5.84. The van der Waals surface area contributed by atoms with E-state index in [4.69, 9.17) is 4.84 Å². The van der Waals surface area contributed by atoms with Crippen LogP contribution < -0.4 is 0 Å². The molecule has 2 heteroatoms. The highest BCUT2D eigenvalue weighted by Crippen LogP contribution is 2.40. The van der Waals surface area contributed by atoms with Gasteiger partial charge in [0.1, 0.15) is 0 Å². The van der Waals surface area contributed by atoms with Crippen molar-refractivity contribution in [2.24, 2.45) is 5.16 Å². The van der Waals surface area contributed by atoms with E-state index < -0.39 is 5.60 Å². The van der Waals surface area contributed by atoms with E-state index in [1.165, 1.54) is 0 Å². The highest BCUT2D eigenvalue weighted by Gasteiger charge is 2.41. The summed E-state index contributed by atoms with van der Waals surface area (Å²) in [4.78, 5) is 5.81. The monoisotopic (exact) mass is 237 g/mol. The van der Waals surface area contributed by atoms with Crippen LogP contribution in [0, 0.1) is 0 Å². The van der Waals surface area contributed by atoms with Crippen LogP contribution in [0.15, 0.2) is 65.8 Å². The molecule has 0 aliphatic carbocycles. The molecule has 0 radical (unpaired) electrons. The fourth-order valence-corrected chi connectivity index (χ4v) is 2.47. The SMILES string of the molecule is CC1=NOC(c2ccccc2)(c2ccccc2)C1. The van der Waals surface area contributed by atoms with E-state index in [0.29, 0.717) is 0 Å². The van der Waals surface area contributed by atoms with Gasteiger partial charge in [-0.15, -0.1) is 0 Å². The van der Waals surface area contributed by atoms with Gasteiger partial charge in [0, 0.05) is 17.5 Å². The Kier molecular flexibility index (Phi) is 2.63. The quantitative estimate of drug-likeness (QED) is 0.780. The van der Waals surface area contributed by atoms with Crippen LogP contribution in [0.25, 0.3) is 0 Å². The number of oxime groups is 1. The minimum atomic E-state index is -0.452. The van der Waals surface area contributed by atoms with Crippen molar-refractivity contribution in [3.05, 3.63) is 71.8 Å². The van der Waals surface area contributed by atoms with Crippen LogP contribution in [-0.4, -0.2) is 5.71 Å². The Labute approximate surface area is 107 Å². The first-order chi connectivity index (χ1) is 8.81. The molecular formula is C16H15NO. The van der Waals surface area contributed by atoms with Crippen molar-refractivity contribution in [3.8, 4) is 0 Å². The first-order valence-electron chi connectivity index (χ1n) is 6.14. The Morgan fingerprint density at radius 3 is 1.78 bits per heavy atom. The second kappa shape index (κ2) is 4.30. The third-order valence-corrected chi connectivity index (χ3v) is 3.34. The van der Waals surface area contributed by atoms with E-state index >= 15 is 0 Å². The molecule has 2 aromatic carbocycles. The fourth-order valence-electron chi connectivity index (χ4n) is 2.47. The van der Waals surface area contributed by atoms with Crippen molar-refractivity contribution in [1.29, 1.82) is 0 Å².